The quantitative estimate of drug-likeness (QED) is 0.647. The largest absolute Gasteiger partial charge is 0.349 e. The molecule has 2 fully saturated rings. The van der Waals surface area contributed by atoms with Crippen molar-refractivity contribution in [1.82, 2.24) is 19.9 Å². The van der Waals surface area contributed by atoms with Crippen LogP contribution in [0.3, 0.4) is 0 Å². The highest BCUT2D eigenvalue weighted by atomic mass is 35.5. The minimum atomic E-state index is -0.455. The second-order valence-electron chi connectivity index (χ2n) is 8.63. The van der Waals surface area contributed by atoms with Gasteiger partial charge < -0.3 is 10.2 Å². The minimum Gasteiger partial charge on any atom is -0.349 e. The third-order valence-corrected chi connectivity index (χ3v) is 7.04. The highest BCUT2D eigenvalue weighted by molar-refractivity contribution is 6.33. The van der Waals surface area contributed by atoms with Crippen LogP contribution in [0.25, 0.3) is 5.65 Å². The number of aromatic nitrogens is 3. The van der Waals surface area contributed by atoms with Crippen molar-refractivity contribution >= 4 is 34.7 Å². The average Bonchev–Trinajstić information content (AvgIpc) is 3.22. The van der Waals surface area contributed by atoms with Gasteiger partial charge in [0.25, 0.3) is 5.91 Å². The van der Waals surface area contributed by atoms with E-state index in [1.807, 2.05) is 0 Å². The van der Waals surface area contributed by atoms with Crippen LogP contribution in [-0.4, -0.2) is 39.0 Å². The minimum absolute atomic E-state index is 0.00984. The molecule has 0 radical (unpaired) electrons. The lowest BCUT2D eigenvalue weighted by molar-refractivity contribution is -0.132. The van der Waals surface area contributed by atoms with E-state index in [-0.39, 0.29) is 22.9 Å². The number of fused-ring (bicyclic) bond motifs is 1. The van der Waals surface area contributed by atoms with Crippen molar-refractivity contribution in [3.8, 4) is 0 Å². The number of anilines is 1. The Kier molecular flexibility index (Phi) is 5.33. The Morgan fingerprint density at radius 2 is 2.06 bits per heavy atom. The maximum Gasteiger partial charge on any atom is 0.256 e. The van der Waals surface area contributed by atoms with Gasteiger partial charge in [-0.25, -0.2) is 13.9 Å². The molecule has 32 heavy (non-hydrogen) atoms. The van der Waals surface area contributed by atoms with Crippen LogP contribution in [0.4, 0.5) is 10.1 Å². The van der Waals surface area contributed by atoms with Gasteiger partial charge in [-0.15, -0.1) is 0 Å². The van der Waals surface area contributed by atoms with E-state index < -0.39 is 11.2 Å². The van der Waals surface area contributed by atoms with Crippen LogP contribution in [0, 0.1) is 11.2 Å². The molecule has 1 saturated carbocycles. The van der Waals surface area contributed by atoms with Crippen LogP contribution >= 0.6 is 11.6 Å². The highest BCUT2D eigenvalue weighted by Crippen LogP contribution is 2.46. The Hall–Kier alpha value is -3.00. The Bertz CT molecular complexity index is 1190. The molecular weight excluding hydrogens is 433 g/mol. The van der Waals surface area contributed by atoms with E-state index >= 15 is 0 Å². The molecule has 0 atom stereocenters. The van der Waals surface area contributed by atoms with Gasteiger partial charge in [0.15, 0.2) is 5.65 Å². The van der Waals surface area contributed by atoms with Crippen molar-refractivity contribution in [2.45, 2.75) is 44.6 Å². The molecule has 3 aromatic rings. The van der Waals surface area contributed by atoms with E-state index in [2.05, 4.69) is 15.4 Å². The molecule has 166 valence electrons. The van der Waals surface area contributed by atoms with Gasteiger partial charge in [0.2, 0.25) is 5.91 Å². The summed E-state index contributed by atoms with van der Waals surface area (Å²) in [5.74, 6) is -0.571. The summed E-state index contributed by atoms with van der Waals surface area (Å²) < 4.78 is 15.0. The Labute approximate surface area is 189 Å². The lowest BCUT2D eigenvalue weighted by Gasteiger charge is -2.45. The second-order valence-corrected chi connectivity index (χ2v) is 9.04. The summed E-state index contributed by atoms with van der Waals surface area (Å²) >= 11 is 6.23. The molecule has 1 N–H and O–H groups in total. The number of piperidine rings is 1. The van der Waals surface area contributed by atoms with Gasteiger partial charge in [0.1, 0.15) is 11.4 Å². The monoisotopic (exact) mass is 455 g/mol. The van der Waals surface area contributed by atoms with E-state index in [0.717, 1.165) is 25.7 Å². The van der Waals surface area contributed by atoms with Gasteiger partial charge in [-0.3, -0.25) is 9.59 Å². The van der Waals surface area contributed by atoms with Gasteiger partial charge in [-0.1, -0.05) is 11.6 Å². The Balaban J connectivity index is 1.27. The number of hydrogen-bond donors (Lipinski definition) is 1. The number of amides is 2. The fourth-order valence-electron chi connectivity index (χ4n) is 5.03. The standard InChI is InChI=1S/C23H23ClFN5O2/c24-18-13-15(25)3-4-19(18)29-11-1-7-23(22(29)32)8-5-16(6-9-23)28-21(31)17-14-27-30-12-2-10-26-20(17)30/h2-4,10,12-14,16H,1,5-9,11H2,(H,28,31)/t16-,23-. The number of benzene rings is 1. The molecule has 9 heteroatoms. The van der Waals surface area contributed by atoms with E-state index in [0.29, 0.717) is 36.3 Å². The topological polar surface area (TPSA) is 79.6 Å². The predicted octanol–water partition coefficient (Wildman–Crippen LogP) is 4.01. The van der Waals surface area contributed by atoms with E-state index in [1.165, 1.54) is 18.3 Å². The van der Waals surface area contributed by atoms with Crippen molar-refractivity contribution < 1.29 is 14.0 Å². The first-order valence-corrected chi connectivity index (χ1v) is 11.2. The second kappa shape index (κ2) is 8.16. The molecular formula is C23H23ClFN5O2. The molecule has 0 unspecified atom stereocenters. The zero-order valence-electron chi connectivity index (χ0n) is 17.4. The number of nitrogens with one attached hydrogen (secondary N) is 1. The number of halogens is 2. The first-order chi connectivity index (χ1) is 15.5. The van der Waals surface area contributed by atoms with Crippen molar-refractivity contribution in [3.63, 3.8) is 0 Å². The summed E-state index contributed by atoms with van der Waals surface area (Å²) in [6.45, 7) is 0.577. The molecule has 1 aromatic carbocycles. The van der Waals surface area contributed by atoms with Gasteiger partial charge in [0.05, 0.1) is 16.9 Å². The maximum atomic E-state index is 13.5. The maximum absolute atomic E-state index is 13.5. The molecule has 0 bridgehead atoms. The van der Waals surface area contributed by atoms with Gasteiger partial charge >= 0.3 is 0 Å². The predicted molar refractivity (Wildman–Crippen MR) is 118 cm³/mol. The van der Waals surface area contributed by atoms with Crippen LogP contribution < -0.4 is 10.2 Å². The Morgan fingerprint density at radius 1 is 1.25 bits per heavy atom. The van der Waals surface area contributed by atoms with Crippen LogP contribution in [0.15, 0.2) is 42.9 Å². The molecule has 1 aliphatic heterocycles. The van der Waals surface area contributed by atoms with Crippen molar-refractivity contribution in [1.29, 1.82) is 0 Å². The summed E-state index contributed by atoms with van der Waals surface area (Å²) in [6, 6.07) is 5.89. The number of rotatable bonds is 3. The molecule has 2 aromatic heterocycles. The van der Waals surface area contributed by atoms with Gasteiger partial charge in [0, 0.05) is 30.4 Å². The van der Waals surface area contributed by atoms with Crippen molar-refractivity contribution in [3.05, 3.63) is 59.3 Å². The fraction of sp³-hybridized carbons (Fsp3) is 0.391. The number of nitrogens with zero attached hydrogens (tertiary/aromatic N) is 4. The highest BCUT2D eigenvalue weighted by Gasteiger charge is 2.46. The zero-order chi connectivity index (χ0) is 22.3. The van der Waals surface area contributed by atoms with Crippen LogP contribution in [0.2, 0.25) is 5.02 Å². The molecule has 2 aliphatic rings. The molecule has 1 aliphatic carbocycles. The fourth-order valence-corrected chi connectivity index (χ4v) is 5.30. The third kappa shape index (κ3) is 3.62. The molecule has 3 heterocycles. The first-order valence-electron chi connectivity index (χ1n) is 10.8. The third-order valence-electron chi connectivity index (χ3n) is 6.74. The average molecular weight is 456 g/mol. The summed E-state index contributed by atoms with van der Waals surface area (Å²) in [6.07, 6.45) is 9.41. The van der Waals surface area contributed by atoms with Crippen molar-refractivity contribution in [2.24, 2.45) is 5.41 Å². The SMILES string of the molecule is O=C(N[C@H]1CC[C@@]2(CCCN(c3ccc(F)cc3Cl)C2=O)CC1)c1cnn2cccnc12. The molecule has 1 saturated heterocycles. The summed E-state index contributed by atoms with van der Waals surface area (Å²) in [5, 5.41) is 7.51. The molecule has 1 spiro atoms. The van der Waals surface area contributed by atoms with Crippen LogP contribution in [0.1, 0.15) is 48.9 Å². The number of carbonyl (C=O) groups is 2. The smallest absolute Gasteiger partial charge is 0.256 e. The van der Waals surface area contributed by atoms with Gasteiger partial charge in [-0.2, -0.15) is 5.10 Å². The lowest BCUT2D eigenvalue weighted by atomic mass is 9.67. The summed E-state index contributed by atoms with van der Waals surface area (Å²) in [7, 11) is 0. The van der Waals surface area contributed by atoms with Crippen molar-refractivity contribution in [2.75, 3.05) is 11.4 Å². The number of carbonyl (C=O) groups excluding carboxylic acids is 2. The van der Waals surface area contributed by atoms with E-state index in [4.69, 9.17) is 11.6 Å². The van der Waals surface area contributed by atoms with Crippen LogP contribution in [-0.2, 0) is 4.79 Å². The molecule has 2 amide bonds. The van der Waals surface area contributed by atoms with Crippen LogP contribution in [0.5, 0.6) is 0 Å². The first kappa shape index (κ1) is 20.9. The Morgan fingerprint density at radius 3 is 2.84 bits per heavy atom. The summed E-state index contributed by atoms with van der Waals surface area (Å²) in [5.41, 5.74) is 1.07. The normalized spacial score (nSPS) is 23.6. The van der Waals surface area contributed by atoms with E-state index in [9.17, 15) is 14.0 Å². The molecule has 7 nitrogen and oxygen atoms in total. The lowest BCUT2D eigenvalue weighted by Crippen LogP contribution is -2.52. The van der Waals surface area contributed by atoms with Gasteiger partial charge in [-0.05, 0) is 62.8 Å². The molecule has 5 rings (SSSR count). The summed E-state index contributed by atoms with van der Waals surface area (Å²) in [4.78, 5) is 32.2. The van der Waals surface area contributed by atoms with E-state index in [1.54, 1.807) is 33.9 Å². The number of hydrogen-bond acceptors (Lipinski definition) is 4. The zero-order valence-corrected chi connectivity index (χ0v) is 18.2.